The molecule has 1 N–H and O–H groups in total. The van der Waals surface area contributed by atoms with Gasteiger partial charge in [0.25, 0.3) is 0 Å². The van der Waals surface area contributed by atoms with Crippen molar-refractivity contribution >= 4 is 27.4 Å². The summed E-state index contributed by atoms with van der Waals surface area (Å²) in [6.07, 6.45) is 1.71. The van der Waals surface area contributed by atoms with Gasteiger partial charge in [-0.1, -0.05) is 6.92 Å². The van der Waals surface area contributed by atoms with E-state index in [1.54, 1.807) is 24.3 Å². The highest BCUT2D eigenvalue weighted by Gasteiger charge is 2.19. The molecule has 0 spiro atoms. The van der Waals surface area contributed by atoms with E-state index in [-0.39, 0.29) is 12.3 Å². The Hall–Kier alpha value is -1.73. The number of nitrogens with one attached hydrogen (secondary N) is 1. The van der Waals surface area contributed by atoms with Gasteiger partial charge in [-0.25, -0.2) is 8.42 Å². The van der Waals surface area contributed by atoms with Crippen molar-refractivity contribution in [2.75, 3.05) is 24.7 Å². The zero-order valence-corrected chi connectivity index (χ0v) is 13.2. The molecule has 0 aliphatic carbocycles. The minimum atomic E-state index is -3.40. The molecule has 0 fully saturated rings. The van der Waals surface area contributed by atoms with E-state index in [1.165, 1.54) is 6.92 Å². The van der Waals surface area contributed by atoms with E-state index in [4.69, 9.17) is 0 Å². The minimum absolute atomic E-state index is 0.0564. The van der Waals surface area contributed by atoms with E-state index >= 15 is 0 Å². The Balaban J connectivity index is 2.70. The fourth-order valence-electron chi connectivity index (χ4n) is 1.76. The van der Waals surface area contributed by atoms with Crippen LogP contribution in [0.15, 0.2) is 24.3 Å². The number of benzene rings is 1. The lowest BCUT2D eigenvalue weighted by Crippen LogP contribution is -2.37. The van der Waals surface area contributed by atoms with Gasteiger partial charge in [-0.3, -0.25) is 9.59 Å². The van der Waals surface area contributed by atoms with E-state index in [0.29, 0.717) is 24.2 Å². The molecule has 21 heavy (non-hydrogen) atoms. The molecule has 0 saturated heterocycles. The van der Waals surface area contributed by atoms with Crippen LogP contribution in [-0.2, 0) is 14.8 Å². The second-order valence-corrected chi connectivity index (χ2v) is 6.76. The molecular formula is C14H20N2O4S. The first-order valence-electron chi connectivity index (χ1n) is 6.60. The third-order valence-corrected chi connectivity index (χ3v) is 4.09. The average molecular weight is 312 g/mol. The second-order valence-electron chi connectivity index (χ2n) is 4.78. The molecule has 1 aromatic rings. The molecule has 0 heterocycles. The Morgan fingerprint density at radius 2 is 1.76 bits per heavy atom. The van der Waals surface area contributed by atoms with Crippen molar-refractivity contribution in [1.29, 1.82) is 0 Å². The van der Waals surface area contributed by atoms with Gasteiger partial charge in [0.2, 0.25) is 15.9 Å². The molecule has 0 radical (unpaired) electrons. The fraction of sp³-hybridized carbons (Fsp3) is 0.429. The van der Waals surface area contributed by atoms with Crippen LogP contribution in [0.3, 0.4) is 0 Å². The maximum absolute atomic E-state index is 11.9. The highest BCUT2D eigenvalue weighted by atomic mass is 32.2. The molecule has 1 rings (SSSR count). The molecule has 116 valence electrons. The maximum Gasteiger partial charge on any atom is 0.239 e. The number of carbonyl (C=O) groups is 2. The Kier molecular flexibility index (Phi) is 6.04. The number of amides is 1. The van der Waals surface area contributed by atoms with Crippen LogP contribution in [0.2, 0.25) is 0 Å². The summed E-state index contributed by atoms with van der Waals surface area (Å²) in [7, 11) is -3.40. The maximum atomic E-state index is 11.9. The second kappa shape index (κ2) is 7.33. The SMILES string of the molecule is CCCN(CC(=O)Nc1ccc(C(C)=O)cc1)S(C)(=O)=O. The third-order valence-electron chi connectivity index (χ3n) is 2.84. The van der Waals surface area contributed by atoms with Crippen molar-refractivity contribution in [3.8, 4) is 0 Å². The van der Waals surface area contributed by atoms with Crippen LogP contribution in [0.4, 0.5) is 5.69 Å². The number of Topliss-reactive ketones (excluding diaryl/α,β-unsaturated/α-hetero) is 1. The molecule has 0 saturated carbocycles. The number of rotatable bonds is 7. The summed E-state index contributed by atoms with van der Waals surface area (Å²) in [5.41, 5.74) is 1.08. The number of hydrogen-bond acceptors (Lipinski definition) is 4. The molecule has 0 unspecified atom stereocenters. The Morgan fingerprint density at radius 1 is 1.19 bits per heavy atom. The molecule has 6 nitrogen and oxygen atoms in total. The van der Waals surface area contributed by atoms with Gasteiger partial charge in [-0.2, -0.15) is 4.31 Å². The molecule has 0 bridgehead atoms. The Morgan fingerprint density at radius 3 is 2.19 bits per heavy atom. The lowest BCUT2D eigenvalue weighted by atomic mass is 10.1. The molecule has 0 atom stereocenters. The summed E-state index contributed by atoms with van der Waals surface area (Å²) in [6.45, 7) is 3.38. The molecular weight excluding hydrogens is 292 g/mol. The highest BCUT2D eigenvalue weighted by molar-refractivity contribution is 7.88. The van der Waals surface area contributed by atoms with E-state index in [2.05, 4.69) is 5.32 Å². The largest absolute Gasteiger partial charge is 0.325 e. The first kappa shape index (κ1) is 17.3. The van der Waals surface area contributed by atoms with Gasteiger partial charge in [-0.15, -0.1) is 0 Å². The molecule has 1 amide bonds. The van der Waals surface area contributed by atoms with Crippen molar-refractivity contribution in [1.82, 2.24) is 4.31 Å². The van der Waals surface area contributed by atoms with Crippen molar-refractivity contribution < 1.29 is 18.0 Å². The van der Waals surface area contributed by atoms with Crippen LogP contribution in [0, 0.1) is 0 Å². The molecule has 0 aliphatic heterocycles. The van der Waals surface area contributed by atoms with Gasteiger partial charge < -0.3 is 5.32 Å². The van der Waals surface area contributed by atoms with Crippen LogP contribution in [0.5, 0.6) is 0 Å². The van der Waals surface area contributed by atoms with Crippen molar-refractivity contribution in [3.63, 3.8) is 0 Å². The number of carbonyl (C=O) groups excluding carboxylic acids is 2. The van der Waals surface area contributed by atoms with Gasteiger partial charge in [0.05, 0.1) is 12.8 Å². The van der Waals surface area contributed by atoms with Gasteiger partial charge in [0, 0.05) is 17.8 Å². The van der Waals surface area contributed by atoms with Crippen LogP contribution >= 0.6 is 0 Å². The molecule has 0 aliphatic rings. The van der Waals surface area contributed by atoms with Gasteiger partial charge in [0.1, 0.15) is 0 Å². The first-order chi connectivity index (χ1) is 9.74. The predicted molar refractivity (Wildman–Crippen MR) is 81.8 cm³/mol. The van der Waals surface area contributed by atoms with E-state index < -0.39 is 15.9 Å². The van der Waals surface area contributed by atoms with Gasteiger partial charge >= 0.3 is 0 Å². The smallest absolute Gasteiger partial charge is 0.239 e. The number of sulfonamides is 1. The summed E-state index contributed by atoms with van der Waals surface area (Å²) in [5.74, 6) is -0.469. The normalized spacial score (nSPS) is 11.4. The zero-order chi connectivity index (χ0) is 16.0. The quantitative estimate of drug-likeness (QED) is 0.773. The van der Waals surface area contributed by atoms with Gasteiger partial charge in [0.15, 0.2) is 5.78 Å². The monoisotopic (exact) mass is 312 g/mol. The standard InChI is InChI=1S/C14H20N2O4S/c1-4-9-16(21(3,19)20)10-14(18)15-13-7-5-12(6-8-13)11(2)17/h5-8H,4,9-10H2,1-3H3,(H,15,18). The summed E-state index contributed by atoms with van der Waals surface area (Å²) >= 11 is 0. The fourth-order valence-corrected chi connectivity index (χ4v) is 2.63. The van der Waals surface area contributed by atoms with Crippen molar-refractivity contribution in [2.24, 2.45) is 0 Å². The summed E-state index contributed by atoms with van der Waals surface area (Å²) in [5, 5.41) is 2.61. The zero-order valence-electron chi connectivity index (χ0n) is 12.4. The number of nitrogens with zero attached hydrogens (tertiary/aromatic N) is 1. The number of ketones is 1. The summed E-state index contributed by atoms with van der Waals surface area (Å²) in [4.78, 5) is 23.0. The van der Waals surface area contributed by atoms with Crippen LogP contribution in [-0.4, -0.2) is 43.8 Å². The summed E-state index contributed by atoms with van der Waals surface area (Å²) < 4.78 is 24.2. The van der Waals surface area contributed by atoms with E-state index in [9.17, 15) is 18.0 Å². The summed E-state index contributed by atoms with van der Waals surface area (Å²) in [6, 6.07) is 6.44. The van der Waals surface area contributed by atoms with E-state index in [1.807, 2.05) is 6.92 Å². The van der Waals surface area contributed by atoms with Crippen LogP contribution in [0.1, 0.15) is 30.6 Å². The van der Waals surface area contributed by atoms with Gasteiger partial charge in [-0.05, 0) is 37.6 Å². The van der Waals surface area contributed by atoms with Crippen molar-refractivity contribution in [3.05, 3.63) is 29.8 Å². The highest BCUT2D eigenvalue weighted by Crippen LogP contribution is 2.10. The minimum Gasteiger partial charge on any atom is -0.325 e. The van der Waals surface area contributed by atoms with Crippen molar-refractivity contribution in [2.45, 2.75) is 20.3 Å². The van der Waals surface area contributed by atoms with Crippen LogP contribution in [0.25, 0.3) is 0 Å². The van der Waals surface area contributed by atoms with Crippen LogP contribution < -0.4 is 5.32 Å². The number of anilines is 1. The topological polar surface area (TPSA) is 83.6 Å². The average Bonchev–Trinajstić information content (AvgIpc) is 2.37. The molecule has 7 heteroatoms. The third kappa shape index (κ3) is 5.65. The molecule has 0 aromatic heterocycles. The molecule has 1 aromatic carbocycles. The first-order valence-corrected chi connectivity index (χ1v) is 8.45. The lowest BCUT2D eigenvalue weighted by Gasteiger charge is -2.18. The Labute approximate surface area is 125 Å². The Bertz CT molecular complexity index is 608. The predicted octanol–water partition coefficient (Wildman–Crippen LogP) is 1.50. The lowest BCUT2D eigenvalue weighted by molar-refractivity contribution is -0.116. The number of hydrogen-bond donors (Lipinski definition) is 1. The van der Waals surface area contributed by atoms with E-state index in [0.717, 1.165) is 10.6 Å².